The van der Waals surface area contributed by atoms with Crippen LogP contribution in [-0.2, 0) is 16.1 Å². The van der Waals surface area contributed by atoms with Gasteiger partial charge in [-0.3, -0.25) is 9.59 Å². The van der Waals surface area contributed by atoms with Crippen LogP contribution in [0, 0.1) is 5.41 Å². The Morgan fingerprint density at radius 3 is 2.53 bits per heavy atom. The highest BCUT2D eigenvalue weighted by Gasteiger charge is 2.26. The first kappa shape index (κ1) is 16.2. The molecule has 4 nitrogen and oxygen atoms in total. The number of rotatable bonds is 6. The molecule has 0 fully saturated rings. The van der Waals surface area contributed by atoms with Gasteiger partial charge in [0.2, 0.25) is 5.91 Å². The van der Waals surface area contributed by atoms with E-state index in [9.17, 15) is 9.59 Å². The normalized spacial score (nSPS) is 11.4. The minimum absolute atomic E-state index is 0.00339. The third kappa shape index (κ3) is 5.74. The van der Waals surface area contributed by atoms with E-state index >= 15 is 0 Å². The van der Waals surface area contributed by atoms with E-state index in [0.717, 1.165) is 9.35 Å². The molecule has 0 aliphatic carbocycles. The molecule has 1 rings (SSSR count). The van der Waals surface area contributed by atoms with Gasteiger partial charge in [0.15, 0.2) is 0 Å². The van der Waals surface area contributed by atoms with Crippen molar-refractivity contribution in [1.82, 2.24) is 4.90 Å². The fraction of sp³-hybridized carbons (Fsp3) is 0.538. The number of aliphatic carboxylic acids is 1. The maximum absolute atomic E-state index is 12.1. The number of nitrogens with zero attached hydrogens (tertiary/aromatic N) is 1. The zero-order valence-corrected chi connectivity index (χ0v) is 13.7. The summed E-state index contributed by atoms with van der Waals surface area (Å²) in [6.45, 7) is 4.15. The molecule has 106 valence electrons. The largest absolute Gasteiger partial charge is 0.481 e. The fourth-order valence-corrected chi connectivity index (χ4v) is 3.01. The van der Waals surface area contributed by atoms with Crippen LogP contribution in [0.5, 0.6) is 0 Å². The van der Waals surface area contributed by atoms with Gasteiger partial charge in [0.1, 0.15) is 0 Å². The number of thiophene rings is 1. The molecule has 19 heavy (non-hydrogen) atoms. The van der Waals surface area contributed by atoms with E-state index < -0.39 is 11.4 Å². The van der Waals surface area contributed by atoms with Crippen molar-refractivity contribution in [3.63, 3.8) is 0 Å². The molecule has 0 radical (unpaired) electrons. The van der Waals surface area contributed by atoms with Crippen LogP contribution in [0.15, 0.2) is 15.2 Å². The van der Waals surface area contributed by atoms with E-state index in [1.165, 1.54) is 0 Å². The Bertz CT molecular complexity index is 470. The monoisotopic (exact) mass is 347 g/mol. The molecule has 1 heterocycles. The minimum Gasteiger partial charge on any atom is -0.481 e. The lowest BCUT2D eigenvalue weighted by atomic mass is 9.85. The molecule has 0 aromatic carbocycles. The van der Waals surface area contributed by atoms with E-state index in [2.05, 4.69) is 15.9 Å². The van der Waals surface area contributed by atoms with Gasteiger partial charge >= 0.3 is 5.97 Å². The summed E-state index contributed by atoms with van der Waals surface area (Å²) in [5.74, 6) is -0.907. The summed E-state index contributed by atoms with van der Waals surface area (Å²) < 4.78 is 1.04. The molecule has 1 aromatic rings. The predicted octanol–water partition coefficient (Wildman–Crippen LogP) is 3.36. The molecule has 0 bridgehead atoms. The van der Waals surface area contributed by atoms with E-state index in [0.29, 0.717) is 6.54 Å². The van der Waals surface area contributed by atoms with Crippen LogP contribution in [-0.4, -0.2) is 28.9 Å². The standard InChI is InChI=1S/C13H18BrNO3S/c1-13(2,6-12(17)18)5-11(16)15(3)7-9-4-10(14)19-8-9/h4,8H,5-7H2,1-3H3,(H,17,18). The summed E-state index contributed by atoms with van der Waals surface area (Å²) in [4.78, 5) is 24.4. The number of carbonyl (C=O) groups is 2. The van der Waals surface area contributed by atoms with Crippen LogP contribution in [0.25, 0.3) is 0 Å². The Morgan fingerprint density at radius 1 is 1.42 bits per heavy atom. The summed E-state index contributed by atoms with van der Waals surface area (Å²) >= 11 is 4.97. The zero-order chi connectivity index (χ0) is 14.6. The zero-order valence-electron chi connectivity index (χ0n) is 11.3. The fourth-order valence-electron chi connectivity index (χ4n) is 1.81. The summed E-state index contributed by atoms with van der Waals surface area (Å²) in [7, 11) is 1.74. The number of carboxylic acids is 1. The average Bonchev–Trinajstić information content (AvgIpc) is 2.60. The first-order valence-corrected chi connectivity index (χ1v) is 7.55. The van der Waals surface area contributed by atoms with Crippen molar-refractivity contribution in [3.05, 3.63) is 20.8 Å². The van der Waals surface area contributed by atoms with Crippen LogP contribution < -0.4 is 0 Å². The number of halogens is 1. The van der Waals surface area contributed by atoms with E-state index in [-0.39, 0.29) is 18.7 Å². The third-order valence-electron chi connectivity index (χ3n) is 2.73. The van der Waals surface area contributed by atoms with Gasteiger partial charge in [0.25, 0.3) is 0 Å². The Balaban J connectivity index is 2.55. The van der Waals surface area contributed by atoms with Crippen LogP contribution in [0.1, 0.15) is 32.3 Å². The highest BCUT2D eigenvalue weighted by atomic mass is 79.9. The SMILES string of the molecule is CN(Cc1csc(Br)c1)C(=O)CC(C)(C)CC(=O)O. The molecular formula is C13H18BrNO3S. The number of amides is 1. The van der Waals surface area contributed by atoms with Crippen molar-refractivity contribution < 1.29 is 14.7 Å². The molecule has 0 saturated heterocycles. The van der Waals surface area contributed by atoms with Crippen LogP contribution in [0.2, 0.25) is 0 Å². The predicted molar refractivity (Wildman–Crippen MR) is 79.1 cm³/mol. The van der Waals surface area contributed by atoms with Crippen LogP contribution in [0.4, 0.5) is 0 Å². The van der Waals surface area contributed by atoms with Crippen molar-refractivity contribution in [2.75, 3.05) is 7.05 Å². The molecule has 6 heteroatoms. The van der Waals surface area contributed by atoms with Crippen LogP contribution >= 0.6 is 27.3 Å². The lowest BCUT2D eigenvalue weighted by Gasteiger charge is -2.25. The maximum Gasteiger partial charge on any atom is 0.303 e. The van der Waals surface area contributed by atoms with E-state index in [1.807, 2.05) is 11.4 Å². The molecule has 0 unspecified atom stereocenters. The van der Waals surface area contributed by atoms with Gasteiger partial charge in [-0.15, -0.1) is 11.3 Å². The van der Waals surface area contributed by atoms with Crippen molar-refractivity contribution >= 4 is 39.1 Å². The number of hydrogen-bond donors (Lipinski definition) is 1. The molecular weight excluding hydrogens is 330 g/mol. The molecule has 1 aromatic heterocycles. The Morgan fingerprint density at radius 2 is 2.05 bits per heavy atom. The molecule has 0 aliphatic heterocycles. The Kier molecular flexibility index (Phi) is 5.55. The smallest absolute Gasteiger partial charge is 0.303 e. The van der Waals surface area contributed by atoms with Crippen molar-refractivity contribution in [2.24, 2.45) is 5.41 Å². The van der Waals surface area contributed by atoms with Gasteiger partial charge in [0, 0.05) is 20.0 Å². The Labute approximate surface area is 125 Å². The second kappa shape index (κ2) is 6.52. The first-order chi connectivity index (χ1) is 8.69. The molecule has 0 aliphatic rings. The lowest BCUT2D eigenvalue weighted by Crippen LogP contribution is -2.31. The van der Waals surface area contributed by atoms with Gasteiger partial charge < -0.3 is 10.0 Å². The highest BCUT2D eigenvalue weighted by molar-refractivity contribution is 9.11. The Hall–Kier alpha value is -0.880. The molecule has 1 amide bonds. The second-order valence-electron chi connectivity index (χ2n) is 5.42. The number of hydrogen-bond acceptors (Lipinski definition) is 3. The topological polar surface area (TPSA) is 57.6 Å². The molecule has 0 saturated carbocycles. The lowest BCUT2D eigenvalue weighted by molar-refractivity contribution is -0.140. The summed E-state index contributed by atoms with van der Waals surface area (Å²) in [5, 5.41) is 10.8. The van der Waals surface area contributed by atoms with Gasteiger partial charge in [-0.2, -0.15) is 0 Å². The van der Waals surface area contributed by atoms with E-state index in [1.54, 1.807) is 37.1 Å². The summed E-state index contributed by atoms with van der Waals surface area (Å²) in [5.41, 5.74) is 0.552. The number of carboxylic acid groups (broad SMARTS) is 1. The quantitative estimate of drug-likeness (QED) is 0.858. The first-order valence-electron chi connectivity index (χ1n) is 5.88. The van der Waals surface area contributed by atoms with Crippen molar-refractivity contribution in [2.45, 2.75) is 33.2 Å². The van der Waals surface area contributed by atoms with Crippen molar-refractivity contribution in [3.8, 4) is 0 Å². The minimum atomic E-state index is -0.873. The van der Waals surface area contributed by atoms with Gasteiger partial charge in [-0.1, -0.05) is 13.8 Å². The molecule has 1 N–H and O–H groups in total. The molecule has 0 spiro atoms. The highest BCUT2D eigenvalue weighted by Crippen LogP contribution is 2.27. The van der Waals surface area contributed by atoms with Crippen molar-refractivity contribution in [1.29, 1.82) is 0 Å². The van der Waals surface area contributed by atoms with Gasteiger partial charge in [-0.05, 0) is 38.4 Å². The summed E-state index contributed by atoms with van der Waals surface area (Å²) in [6, 6.07) is 1.98. The third-order valence-corrected chi connectivity index (χ3v) is 4.28. The number of carbonyl (C=O) groups excluding carboxylic acids is 1. The van der Waals surface area contributed by atoms with Gasteiger partial charge in [-0.25, -0.2) is 0 Å². The van der Waals surface area contributed by atoms with E-state index in [4.69, 9.17) is 5.11 Å². The maximum atomic E-state index is 12.1. The average molecular weight is 348 g/mol. The van der Waals surface area contributed by atoms with Crippen LogP contribution in [0.3, 0.4) is 0 Å². The second-order valence-corrected chi connectivity index (χ2v) is 7.71. The summed E-state index contributed by atoms with van der Waals surface area (Å²) in [6.07, 6.45) is 0.234. The molecule has 0 atom stereocenters. The van der Waals surface area contributed by atoms with Gasteiger partial charge in [0.05, 0.1) is 10.2 Å².